The van der Waals surface area contributed by atoms with Gasteiger partial charge in [-0.25, -0.2) is 9.37 Å². The number of carbonyl (C=O) groups is 2. The molecule has 1 aromatic heterocycles. The summed E-state index contributed by atoms with van der Waals surface area (Å²) < 4.78 is 13.7. The van der Waals surface area contributed by atoms with Crippen LogP contribution in [0.2, 0.25) is 0 Å². The number of nitrogens with one attached hydrogen (secondary N) is 1. The van der Waals surface area contributed by atoms with Gasteiger partial charge in [0.15, 0.2) is 10.1 Å². The molecule has 7 heteroatoms. The highest BCUT2D eigenvalue weighted by Gasteiger charge is 2.16. The minimum absolute atomic E-state index is 0.0196. The standard InChI is InChI=1S/C20H23FN2O2S2/c21-15-9-7-14(8-10-15)18(24)13-27-20-23-17(12-26-20)11-19(25)22-16-5-3-1-2-4-6-16/h7-10,12,16H,1-6,11,13H2,(H,22,25). The first-order valence-electron chi connectivity index (χ1n) is 9.25. The van der Waals surface area contributed by atoms with Crippen molar-refractivity contribution in [3.05, 3.63) is 46.7 Å². The SMILES string of the molecule is O=C(Cc1csc(SCC(=O)c2ccc(F)cc2)n1)NC1CCCCCC1. The molecule has 1 aliphatic carbocycles. The van der Waals surface area contributed by atoms with Gasteiger partial charge in [-0.15, -0.1) is 11.3 Å². The lowest BCUT2D eigenvalue weighted by atomic mass is 10.1. The van der Waals surface area contributed by atoms with E-state index in [-0.39, 0.29) is 29.7 Å². The van der Waals surface area contributed by atoms with Crippen LogP contribution in [-0.4, -0.2) is 28.5 Å². The Morgan fingerprint density at radius 3 is 2.56 bits per heavy atom. The van der Waals surface area contributed by atoms with Crippen LogP contribution in [0.4, 0.5) is 4.39 Å². The molecule has 4 nitrogen and oxygen atoms in total. The van der Waals surface area contributed by atoms with Gasteiger partial charge < -0.3 is 5.32 Å². The number of amides is 1. The van der Waals surface area contributed by atoms with Gasteiger partial charge in [0.25, 0.3) is 0 Å². The van der Waals surface area contributed by atoms with Crippen LogP contribution in [0.15, 0.2) is 34.0 Å². The zero-order chi connectivity index (χ0) is 19.1. The Morgan fingerprint density at radius 2 is 1.85 bits per heavy atom. The lowest BCUT2D eigenvalue weighted by Gasteiger charge is -2.15. The van der Waals surface area contributed by atoms with E-state index < -0.39 is 0 Å². The van der Waals surface area contributed by atoms with Crippen LogP contribution < -0.4 is 5.32 Å². The van der Waals surface area contributed by atoms with Gasteiger partial charge in [-0.05, 0) is 37.1 Å². The molecule has 0 atom stereocenters. The highest BCUT2D eigenvalue weighted by Crippen LogP contribution is 2.24. The van der Waals surface area contributed by atoms with Crippen LogP contribution in [-0.2, 0) is 11.2 Å². The fourth-order valence-electron chi connectivity index (χ4n) is 3.15. The van der Waals surface area contributed by atoms with Crippen molar-refractivity contribution in [2.75, 3.05) is 5.75 Å². The zero-order valence-electron chi connectivity index (χ0n) is 15.1. The number of benzene rings is 1. The number of thiazole rings is 1. The second-order valence-electron chi connectivity index (χ2n) is 6.76. The average molecular weight is 407 g/mol. The summed E-state index contributed by atoms with van der Waals surface area (Å²) in [6, 6.07) is 5.84. The molecule has 1 amide bonds. The number of carbonyl (C=O) groups excluding carboxylic acids is 2. The number of hydrogen-bond donors (Lipinski definition) is 1. The fraction of sp³-hybridized carbons (Fsp3) is 0.450. The minimum atomic E-state index is -0.356. The molecule has 1 aromatic carbocycles. The highest BCUT2D eigenvalue weighted by molar-refractivity contribution is 8.01. The van der Waals surface area contributed by atoms with Crippen LogP contribution >= 0.6 is 23.1 Å². The number of Topliss-reactive ketones (excluding diaryl/α,β-unsaturated/α-hetero) is 1. The third-order valence-electron chi connectivity index (χ3n) is 4.59. The molecule has 1 fully saturated rings. The van der Waals surface area contributed by atoms with Gasteiger partial charge in [-0.1, -0.05) is 37.4 Å². The number of aromatic nitrogens is 1. The summed E-state index contributed by atoms with van der Waals surface area (Å²) in [5.41, 5.74) is 1.23. The van der Waals surface area contributed by atoms with Crippen molar-refractivity contribution in [2.24, 2.45) is 0 Å². The summed E-state index contributed by atoms with van der Waals surface area (Å²) in [6.07, 6.45) is 7.30. The van der Waals surface area contributed by atoms with Gasteiger partial charge in [-0.2, -0.15) is 0 Å². The largest absolute Gasteiger partial charge is 0.353 e. The molecule has 1 N–H and O–H groups in total. The lowest BCUT2D eigenvalue weighted by Crippen LogP contribution is -2.35. The Hall–Kier alpha value is -1.73. The van der Waals surface area contributed by atoms with E-state index in [0.717, 1.165) is 22.9 Å². The number of halogens is 1. The fourth-order valence-corrected chi connectivity index (χ4v) is 4.89. The minimum Gasteiger partial charge on any atom is -0.353 e. The van der Waals surface area contributed by atoms with Crippen LogP contribution in [0, 0.1) is 5.82 Å². The van der Waals surface area contributed by atoms with E-state index in [1.807, 2.05) is 5.38 Å². The van der Waals surface area contributed by atoms with E-state index in [4.69, 9.17) is 0 Å². The molecular formula is C20H23FN2O2S2. The summed E-state index contributed by atoms with van der Waals surface area (Å²) in [4.78, 5) is 28.8. The third kappa shape index (κ3) is 6.43. The monoisotopic (exact) mass is 406 g/mol. The molecule has 0 spiro atoms. The first kappa shape index (κ1) is 20.0. The molecule has 3 rings (SSSR count). The average Bonchev–Trinajstić information content (AvgIpc) is 2.93. The number of thioether (sulfide) groups is 1. The van der Waals surface area contributed by atoms with Crippen molar-refractivity contribution in [1.29, 1.82) is 0 Å². The molecule has 2 aromatic rings. The maximum atomic E-state index is 12.9. The number of hydrogen-bond acceptors (Lipinski definition) is 5. The molecule has 1 aliphatic rings. The molecule has 1 saturated carbocycles. The molecule has 0 bridgehead atoms. The van der Waals surface area contributed by atoms with Crippen molar-refractivity contribution in [3.63, 3.8) is 0 Å². The normalized spacial score (nSPS) is 15.3. The van der Waals surface area contributed by atoms with Crippen molar-refractivity contribution >= 4 is 34.8 Å². The van der Waals surface area contributed by atoms with Crippen LogP contribution in [0.1, 0.15) is 54.6 Å². The topological polar surface area (TPSA) is 59.1 Å². The Kier molecular flexibility index (Phi) is 7.41. The van der Waals surface area contributed by atoms with Gasteiger partial charge in [0.2, 0.25) is 5.91 Å². The first-order valence-corrected chi connectivity index (χ1v) is 11.1. The zero-order valence-corrected chi connectivity index (χ0v) is 16.7. The molecule has 27 heavy (non-hydrogen) atoms. The quantitative estimate of drug-likeness (QED) is 0.413. The summed E-state index contributed by atoms with van der Waals surface area (Å²) >= 11 is 2.79. The lowest BCUT2D eigenvalue weighted by molar-refractivity contribution is -0.121. The van der Waals surface area contributed by atoms with Crippen molar-refractivity contribution in [3.8, 4) is 0 Å². The maximum absolute atomic E-state index is 12.9. The Morgan fingerprint density at radius 1 is 1.15 bits per heavy atom. The van der Waals surface area contributed by atoms with Gasteiger partial charge >= 0.3 is 0 Å². The Labute approximate surface area is 167 Å². The number of rotatable bonds is 7. The van der Waals surface area contributed by atoms with Crippen molar-refractivity contribution < 1.29 is 14.0 Å². The smallest absolute Gasteiger partial charge is 0.226 e. The van der Waals surface area contributed by atoms with Gasteiger partial charge in [0.1, 0.15) is 5.82 Å². The van der Waals surface area contributed by atoms with E-state index >= 15 is 0 Å². The van der Waals surface area contributed by atoms with Gasteiger partial charge in [0.05, 0.1) is 17.9 Å². The number of nitrogens with zero attached hydrogens (tertiary/aromatic N) is 1. The highest BCUT2D eigenvalue weighted by atomic mass is 32.2. The van der Waals surface area contributed by atoms with E-state index in [1.165, 1.54) is 73.0 Å². The van der Waals surface area contributed by atoms with Crippen LogP contribution in [0.3, 0.4) is 0 Å². The Bertz CT molecular complexity index is 769. The van der Waals surface area contributed by atoms with Crippen LogP contribution in [0.25, 0.3) is 0 Å². The van der Waals surface area contributed by atoms with E-state index in [2.05, 4.69) is 10.3 Å². The number of ketones is 1. The summed E-state index contributed by atoms with van der Waals surface area (Å²) in [7, 11) is 0. The van der Waals surface area contributed by atoms with Crippen molar-refractivity contribution in [1.82, 2.24) is 10.3 Å². The summed E-state index contributed by atoms with van der Waals surface area (Å²) in [5, 5.41) is 5.00. The molecule has 0 aliphatic heterocycles. The van der Waals surface area contributed by atoms with Crippen molar-refractivity contribution in [2.45, 2.75) is 55.3 Å². The molecular weight excluding hydrogens is 383 g/mol. The summed E-state index contributed by atoms with van der Waals surface area (Å²) in [6.45, 7) is 0. The summed E-state index contributed by atoms with van der Waals surface area (Å²) in [5.74, 6) is -0.160. The molecule has 0 radical (unpaired) electrons. The van der Waals surface area contributed by atoms with Gasteiger partial charge in [0, 0.05) is 17.0 Å². The van der Waals surface area contributed by atoms with Gasteiger partial charge in [-0.3, -0.25) is 9.59 Å². The maximum Gasteiger partial charge on any atom is 0.226 e. The first-order chi connectivity index (χ1) is 13.1. The van der Waals surface area contributed by atoms with E-state index in [0.29, 0.717) is 11.6 Å². The Balaban J connectivity index is 1.45. The third-order valence-corrected chi connectivity index (χ3v) is 6.66. The molecule has 0 saturated heterocycles. The second kappa shape index (κ2) is 9.99. The van der Waals surface area contributed by atoms with Crippen LogP contribution in [0.5, 0.6) is 0 Å². The molecule has 0 unspecified atom stereocenters. The second-order valence-corrected chi connectivity index (χ2v) is 8.84. The van der Waals surface area contributed by atoms with E-state index in [9.17, 15) is 14.0 Å². The predicted octanol–water partition coefficient (Wildman–Crippen LogP) is 4.64. The molecule has 1 heterocycles. The molecule has 144 valence electrons. The predicted molar refractivity (Wildman–Crippen MR) is 107 cm³/mol. The van der Waals surface area contributed by atoms with E-state index in [1.54, 1.807) is 0 Å².